The van der Waals surface area contributed by atoms with Crippen molar-refractivity contribution in [2.45, 2.75) is 13.3 Å². The van der Waals surface area contributed by atoms with Crippen LogP contribution in [0.5, 0.6) is 0 Å². The maximum atomic E-state index is 12.2. The van der Waals surface area contributed by atoms with Crippen LogP contribution in [0, 0.1) is 0 Å². The summed E-state index contributed by atoms with van der Waals surface area (Å²) in [6, 6.07) is 7.43. The lowest BCUT2D eigenvalue weighted by Crippen LogP contribution is -2.23. The van der Waals surface area contributed by atoms with Crippen LogP contribution in [-0.4, -0.2) is 44.2 Å². The van der Waals surface area contributed by atoms with Gasteiger partial charge in [0.15, 0.2) is 5.82 Å². The van der Waals surface area contributed by atoms with Gasteiger partial charge in [-0.1, -0.05) is 19.1 Å². The Morgan fingerprint density at radius 2 is 1.71 bits per heavy atom. The second-order valence-electron chi connectivity index (χ2n) is 5.83. The number of amides is 2. The summed E-state index contributed by atoms with van der Waals surface area (Å²) in [7, 11) is 7.48. The molecule has 128 valence electrons. The van der Waals surface area contributed by atoms with Crippen molar-refractivity contribution in [3.63, 3.8) is 0 Å². The number of hydrogen-bond acceptors (Lipinski definition) is 5. The first kappa shape index (κ1) is 17.5. The summed E-state index contributed by atoms with van der Waals surface area (Å²) in [5.74, 6) is 1.23. The van der Waals surface area contributed by atoms with Crippen LogP contribution in [0.25, 0.3) is 0 Å². The minimum atomic E-state index is -0.330. The Morgan fingerprint density at radius 3 is 2.25 bits per heavy atom. The monoisotopic (exact) mass is 328 g/mol. The highest BCUT2D eigenvalue weighted by molar-refractivity contribution is 6.01. The molecule has 2 amide bonds. The third kappa shape index (κ3) is 4.34. The van der Waals surface area contributed by atoms with Crippen LogP contribution in [0.1, 0.15) is 12.5 Å². The normalized spacial score (nSPS) is 10.2. The zero-order valence-corrected chi connectivity index (χ0v) is 14.8. The first-order valence-corrected chi connectivity index (χ1v) is 7.79. The summed E-state index contributed by atoms with van der Waals surface area (Å²) in [5, 5.41) is 5.61. The zero-order valence-electron chi connectivity index (χ0n) is 14.8. The molecular weight excluding hydrogens is 304 g/mol. The number of carbonyl (C=O) groups excluding carboxylic acids is 1. The minimum absolute atomic E-state index is 0.330. The van der Waals surface area contributed by atoms with Crippen molar-refractivity contribution in [2.24, 2.45) is 0 Å². The Hall–Kier alpha value is -2.83. The molecule has 0 bridgehead atoms. The molecule has 0 aliphatic heterocycles. The Balaban J connectivity index is 2.12. The molecule has 0 saturated heterocycles. The van der Waals surface area contributed by atoms with Gasteiger partial charge in [-0.3, -0.25) is 0 Å². The second-order valence-corrected chi connectivity index (χ2v) is 5.83. The van der Waals surface area contributed by atoms with Gasteiger partial charge < -0.3 is 20.4 Å². The Bertz CT molecular complexity index is 697. The molecule has 7 heteroatoms. The van der Waals surface area contributed by atoms with Crippen LogP contribution in [0.3, 0.4) is 0 Å². The quantitative estimate of drug-likeness (QED) is 0.883. The van der Waals surface area contributed by atoms with Crippen LogP contribution >= 0.6 is 0 Å². The molecule has 0 aliphatic rings. The lowest BCUT2D eigenvalue weighted by molar-refractivity contribution is 0.262. The number of hydrogen-bond donors (Lipinski definition) is 2. The predicted octanol–water partition coefficient (Wildman–Crippen LogP) is 2.82. The van der Waals surface area contributed by atoms with E-state index in [4.69, 9.17) is 0 Å². The Kier molecular flexibility index (Phi) is 5.57. The van der Waals surface area contributed by atoms with Crippen LogP contribution in [-0.2, 0) is 6.42 Å². The van der Waals surface area contributed by atoms with Crippen molar-refractivity contribution in [3.8, 4) is 0 Å². The lowest BCUT2D eigenvalue weighted by atomic mass is 10.1. The summed E-state index contributed by atoms with van der Waals surface area (Å²) < 4.78 is 0. The van der Waals surface area contributed by atoms with E-state index in [0.717, 1.165) is 12.1 Å². The van der Waals surface area contributed by atoms with E-state index < -0.39 is 0 Å². The van der Waals surface area contributed by atoms with Gasteiger partial charge in [-0.25, -0.2) is 9.78 Å². The number of urea groups is 1. The fourth-order valence-corrected chi connectivity index (χ4v) is 2.12. The van der Waals surface area contributed by atoms with Crippen LogP contribution in [0.15, 0.2) is 30.5 Å². The third-order valence-corrected chi connectivity index (χ3v) is 3.45. The lowest BCUT2D eigenvalue weighted by Gasteiger charge is -2.19. The van der Waals surface area contributed by atoms with Gasteiger partial charge in [-0.2, -0.15) is 4.98 Å². The summed E-state index contributed by atoms with van der Waals surface area (Å²) in [5.41, 5.74) is 2.51. The molecule has 0 radical (unpaired) electrons. The van der Waals surface area contributed by atoms with Gasteiger partial charge in [0.05, 0.1) is 6.20 Å². The van der Waals surface area contributed by atoms with Crippen LogP contribution < -0.4 is 20.4 Å². The first-order valence-electron chi connectivity index (χ1n) is 7.79. The van der Waals surface area contributed by atoms with Gasteiger partial charge in [0.2, 0.25) is 5.95 Å². The predicted molar refractivity (Wildman–Crippen MR) is 99.1 cm³/mol. The molecule has 2 rings (SSSR count). The van der Waals surface area contributed by atoms with Crippen LogP contribution in [0.2, 0.25) is 0 Å². The highest BCUT2D eigenvalue weighted by atomic mass is 16.2. The second kappa shape index (κ2) is 7.63. The van der Waals surface area contributed by atoms with E-state index in [1.165, 1.54) is 5.56 Å². The topological polar surface area (TPSA) is 73.4 Å². The van der Waals surface area contributed by atoms with Crippen molar-refractivity contribution >= 4 is 29.2 Å². The van der Waals surface area contributed by atoms with Crippen molar-refractivity contribution < 1.29 is 4.79 Å². The van der Waals surface area contributed by atoms with Gasteiger partial charge in [0.25, 0.3) is 0 Å². The molecule has 1 aromatic carbocycles. The first-order chi connectivity index (χ1) is 11.4. The van der Waals surface area contributed by atoms with Gasteiger partial charge in [-0.05, 0) is 24.1 Å². The number of aromatic nitrogens is 2. The third-order valence-electron chi connectivity index (χ3n) is 3.45. The summed E-state index contributed by atoms with van der Waals surface area (Å²) >= 11 is 0. The molecule has 2 aromatic rings. The van der Waals surface area contributed by atoms with Gasteiger partial charge >= 0.3 is 6.03 Å². The number of nitrogens with one attached hydrogen (secondary N) is 2. The number of aryl methyl sites for hydroxylation is 1. The molecular formula is C17H24N6O. The van der Waals surface area contributed by atoms with E-state index in [1.54, 1.807) is 6.20 Å². The average molecular weight is 328 g/mol. The van der Waals surface area contributed by atoms with E-state index in [2.05, 4.69) is 27.5 Å². The average Bonchev–Trinajstić information content (AvgIpc) is 2.55. The maximum absolute atomic E-state index is 12.2. The number of carbonyl (C=O) groups is 1. The SMILES string of the molecule is CCc1ccc(NC(=O)Nc2cnc(N(C)C)nc2N(C)C)cc1. The number of anilines is 4. The summed E-state index contributed by atoms with van der Waals surface area (Å²) in [6.45, 7) is 2.09. The number of rotatable bonds is 5. The fraction of sp³-hybridized carbons (Fsp3) is 0.353. The highest BCUT2D eigenvalue weighted by Crippen LogP contribution is 2.23. The van der Waals surface area contributed by atoms with Crippen LogP contribution in [0.4, 0.5) is 27.9 Å². The smallest absolute Gasteiger partial charge is 0.323 e. The van der Waals surface area contributed by atoms with Crippen molar-refractivity contribution in [1.29, 1.82) is 0 Å². The zero-order chi connectivity index (χ0) is 17.7. The standard InChI is InChI=1S/C17H24N6O/c1-6-12-7-9-13(10-8-12)19-17(24)20-14-11-18-16(23(4)5)21-15(14)22(2)3/h7-11H,6H2,1-5H3,(H2,19,20,24). The molecule has 2 N–H and O–H groups in total. The van der Waals surface area contributed by atoms with E-state index in [0.29, 0.717) is 17.5 Å². The molecule has 0 fully saturated rings. The Morgan fingerprint density at radius 1 is 1.04 bits per heavy atom. The summed E-state index contributed by atoms with van der Waals surface area (Å²) in [4.78, 5) is 24.6. The number of benzene rings is 1. The van der Waals surface area contributed by atoms with Crippen molar-refractivity contribution in [2.75, 3.05) is 48.6 Å². The Labute approximate surface area is 142 Å². The molecule has 0 aliphatic carbocycles. The minimum Gasteiger partial charge on any atom is -0.361 e. The van der Waals surface area contributed by atoms with Gasteiger partial charge in [0, 0.05) is 33.9 Å². The maximum Gasteiger partial charge on any atom is 0.323 e. The van der Waals surface area contributed by atoms with E-state index in [1.807, 2.05) is 62.3 Å². The molecule has 0 unspecified atom stereocenters. The molecule has 0 atom stereocenters. The molecule has 7 nitrogen and oxygen atoms in total. The van der Waals surface area contributed by atoms with Crippen molar-refractivity contribution in [3.05, 3.63) is 36.0 Å². The van der Waals surface area contributed by atoms with E-state index in [-0.39, 0.29) is 6.03 Å². The molecule has 24 heavy (non-hydrogen) atoms. The van der Waals surface area contributed by atoms with Crippen molar-refractivity contribution in [1.82, 2.24) is 9.97 Å². The molecule has 1 aromatic heterocycles. The number of nitrogens with zero attached hydrogens (tertiary/aromatic N) is 4. The largest absolute Gasteiger partial charge is 0.361 e. The van der Waals surface area contributed by atoms with E-state index in [9.17, 15) is 4.79 Å². The summed E-state index contributed by atoms with van der Waals surface area (Å²) in [6.07, 6.45) is 2.58. The highest BCUT2D eigenvalue weighted by Gasteiger charge is 2.13. The molecule has 0 spiro atoms. The van der Waals surface area contributed by atoms with Gasteiger partial charge in [0.1, 0.15) is 5.69 Å². The molecule has 0 saturated carbocycles. The van der Waals surface area contributed by atoms with Gasteiger partial charge in [-0.15, -0.1) is 0 Å². The molecule has 1 heterocycles. The van der Waals surface area contributed by atoms with E-state index >= 15 is 0 Å². The fourth-order valence-electron chi connectivity index (χ4n) is 2.12.